The van der Waals surface area contributed by atoms with Crippen molar-refractivity contribution in [1.82, 2.24) is 14.9 Å². The number of rotatable bonds is 3. The Balaban J connectivity index is 2.22. The van der Waals surface area contributed by atoms with Gasteiger partial charge in [-0.1, -0.05) is 0 Å². The molecule has 0 bridgehead atoms. The Morgan fingerprint density at radius 1 is 1.32 bits per heavy atom. The Kier molecular flexibility index (Phi) is 3.94. The number of anilines is 2. The van der Waals surface area contributed by atoms with Crippen LogP contribution in [-0.4, -0.2) is 53.6 Å². The minimum Gasteiger partial charge on any atom is -0.370 e. The molecule has 0 radical (unpaired) electrons. The molecule has 19 heavy (non-hydrogen) atoms. The van der Waals surface area contributed by atoms with Crippen LogP contribution in [0.25, 0.3) is 0 Å². The molecule has 1 N–H and O–H groups in total. The first-order chi connectivity index (χ1) is 8.92. The van der Waals surface area contributed by atoms with E-state index in [1.807, 2.05) is 6.92 Å². The molecule has 0 aliphatic carbocycles. The smallest absolute Gasteiger partial charge is 0.134 e. The van der Waals surface area contributed by atoms with Crippen molar-refractivity contribution in [3.8, 4) is 0 Å². The van der Waals surface area contributed by atoms with Crippen molar-refractivity contribution in [2.24, 2.45) is 0 Å². The Hall–Kier alpha value is -1.36. The van der Waals surface area contributed by atoms with Gasteiger partial charge in [-0.3, -0.25) is 4.90 Å². The Morgan fingerprint density at radius 3 is 2.68 bits per heavy atom. The van der Waals surface area contributed by atoms with E-state index >= 15 is 0 Å². The van der Waals surface area contributed by atoms with E-state index in [-0.39, 0.29) is 5.54 Å². The largest absolute Gasteiger partial charge is 0.370 e. The summed E-state index contributed by atoms with van der Waals surface area (Å²) in [4.78, 5) is 13.8. The zero-order valence-corrected chi connectivity index (χ0v) is 12.7. The Bertz CT molecular complexity index is 443. The second-order valence-electron chi connectivity index (χ2n) is 5.84. The van der Waals surface area contributed by atoms with Crippen LogP contribution in [0.5, 0.6) is 0 Å². The van der Waals surface area contributed by atoms with Crippen LogP contribution in [0, 0.1) is 6.92 Å². The zero-order valence-electron chi connectivity index (χ0n) is 12.7. The van der Waals surface area contributed by atoms with Crippen molar-refractivity contribution in [3.05, 3.63) is 11.9 Å². The predicted molar refractivity (Wildman–Crippen MR) is 79.9 cm³/mol. The summed E-state index contributed by atoms with van der Waals surface area (Å²) in [7, 11) is 2.19. The van der Waals surface area contributed by atoms with Crippen LogP contribution < -0.4 is 10.2 Å². The van der Waals surface area contributed by atoms with Crippen LogP contribution in [0.3, 0.4) is 0 Å². The summed E-state index contributed by atoms with van der Waals surface area (Å²) in [5, 5.41) is 3.27. The van der Waals surface area contributed by atoms with E-state index in [0.717, 1.165) is 43.6 Å². The number of aryl methyl sites for hydroxylation is 1. The normalized spacial score (nSPS) is 19.5. The highest BCUT2D eigenvalue weighted by Crippen LogP contribution is 2.24. The average Bonchev–Trinajstić information content (AvgIpc) is 2.32. The van der Waals surface area contributed by atoms with E-state index in [0.29, 0.717) is 0 Å². The van der Waals surface area contributed by atoms with Crippen molar-refractivity contribution >= 4 is 11.6 Å². The molecule has 106 valence electrons. The molecular formula is C14H25N5. The molecule has 0 aromatic carbocycles. The molecular weight excluding hydrogens is 238 g/mol. The molecule has 5 heteroatoms. The fraction of sp³-hybridized carbons (Fsp3) is 0.714. The lowest BCUT2D eigenvalue weighted by molar-refractivity contribution is 0.138. The lowest BCUT2D eigenvalue weighted by Gasteiger charge is -2.45. The maximum Gasteiger partial charge on any atom is 0.134 e. The van der Waals surface area contributed by atoms with Gasteiger partial charge in [0.05, 0.1) is 0 Å². The average molecular weight is 263 g/mol. The van der Waals surface area contributed by atoms with Crippen LogP contribution >= 0.6 is 0 Å². The maximum absolute atomic E-state index is 4.59. The first kappa shape index (κ1) is 14.1. The summed E-state index contributed by atoms with van der Waals surface area (Å²) in [5.74, 6) is 2.77. The van der Waals surface area contributed by atoms with Crippen LogP contribution in [0.2, 0.25) is 0 Å². The quantitative estimate of drug-likeness (QED) is 0.900. The van der Waals surface area contributed by atoms with E-state index in [1.54, 1.807) is 0 Å². The van der Waals surface area contributed by atoms with Gasteiger partial charge in [-0.15, -0.1) is 0 Å². The van der Waals surface area contributed by atoms with Crippen LogP contribution in [-0.2, 0) is 0 Å². The SMILES string of the molecule is CCNc1cc(N2CCN(C)C(C)(C)C2)nc(C)n1. The third-order valence-corrected chi connectivity index (χ3v) is 3.82. The summed E-state index contributed by atoms with van der Waals surface area (Å²) in [5.41, 5.74) is 0.176. The molecule has 0 atom stereocenters. The van der Waals surface area contributed by atoms with Crippen molar-refractivity contribution in [2.45, 2.75) is 33.2 Å². The van der Waals surface area contributed by atoms with Gasteiger partial charge >= 0.3 is 0 Å². The number of hydrogen-bond acceptors (Lipinski definition) is 5. The van der Waals surface area contributed by atoms with Gasteiger partial charge in [0, 0.05) is 37.8 Å². The third-order valence-electron chi connectivity index (χ3n) is 3.82. The van der Waals surface area contributed by atoms with Crippen molar-refractivity contribution in [3.63, 3.8) is 0 Å². The Morgan fingerprint density at radius 2 is 2.05 bits per heavy atom. The first-order valence-electron chi connectivity index (χ1n) is 6.98. The monoisotopic (exact) mass is 263 g/mol. The lowest BCUT2D eigenvalue weighted by Crippen LogP contribution is -2.57. The summed E-state index contributed by atoms with van der Waals surface area (Å²) >= 11 is 0. The highest BCUT2D eigenvalue weighted by Gasteiger charge is 2.31. The molecule has 2 rings (SSSR count). The summed E-state index contributed by atoms with van der Waals surface area (Å²) in [6.07, 6.45) is 0. The Labute approximate surface area is 116 Å². The fourth-order valence-electron chi connectivity index (χ4n) is 2.42. The number of hydrogen-bond donors (Lipinski definition) is 1. The van der Waals surface area contributed by atoms with Gasteiger partial charge in [0.15, 0.2) is 0 Å². The molecule has 0 unspecified atom stereocenters. The molecule has 1 fully saturated rings. The molecule has 1 aliphatic rings. The molecule has 5 nitrogen and oxygen atoms in total. The third kappa shape index (κ3) is 3.15. The predicted octanol–water partition coefficient (Wildman–Crippen LogP) is 1.75. The molecule has 1 aromatic rings. The molecule has 1 aromatic heterocycles. The second kappa shape index (κ2) is 5.33. The molecule has 2 heterocycles. The van der Waals surface area contributed by atoms with Gasteiger partial charge in [0.25, 0.3) is 0 Å². The van der Waals surface area contributed by atoms with Crippen LogP contribution in [0.15, 0.2) is 6.07 Å². The molecule has 1 saturated heterocycles. The van der Waals surface area contributed by atoms with Crippen LogP contribution in [0.1, 0.15) is 26.6 Å². The highest BCUT2D eigenvalue weighted by atomic mass is 15.3. The summed E-state index contributed by atoms with van der Waals surface area (Å²) in [6, 6.07) is 2.05. The molecule has 1 aliphatic heterocycles. The van der Waals surface area contributed by atoms with Crippen LogP contribution in [0.4, 0.5) is 11.6 Å². The molecule has 0 amide bonds. The molecule has 0 spiro atoms. The standard InChI is InChI=1S/C14H25N5/c1-6-15-12-9-13(17-11(2)16-12)19-8-7-18(5)14(3,4)10-19/h9H,6-8,10H2,1-5H3,(H,15,16,17). The fourth-order valence-corrected chi connectivity index (χ4v) is 2.42. The van der Waals surface area contributed by atoms with E-state index < -0.39 is 0 Å². The first-order valence-corrected chi connectivity index (χ1v) is 6.98. The van der Waals surface area contributed by atoms with Gasteiger partial charge in [-0.2, -0.15) is 0 Å². The lowest BCUT2D eigenvalue weighted by atomic mass is 10.00. The van der Waals surface area contributed by atoms with E-state index in [9.17, 15) is 0 Å². The van der Waals surface area contributed by atoms with Gasteiger partial charge in [0.1, 0.15) is 17.5 Å². The topological polar surface area (TPSA) is 44.3 Å². The number of nitrogens with one attached hydrogen (secondary N) is 1. The summed E-state index contributed by atoms with van der Waals surface area (Å²) in [6.45, 7) is 12.5. The highest BCUT2D eigenvalue weighted by molar-refractivity contribution is 5.50. The van der Waals surface area contributed by atoms with E-state index in [2.05, 4.69) is 59.0 Å². The zero-order chi connectivity index (χ0) is 14.0. The number of likely N-dealkylation sites (N-methyl/N-ethyl adjacent to an activating group) is 1. The maximum atomic E-state index is 4.59. The number of aromatic nitrogens is 2. The van der Waals surface area contributed by atoms with Gasteiger partial charge in [-0.25, -0.2) is 9.97 Å². The van der Waals surface area contributed by atoms with Gasteiger partial charge in [-0.05, 0) is 34.7 Å². The van der Waals surface area contributed by atoms with Crippen molar-refractivity contribution < 1.29 is 0 Å². The van der Waals surface area contributed by atoms with Crippen molar-refractivity contribution in [1.29, 1.82) is 0 Å². The summed E-state index contributed by atoms with van der Waals surface area (Å²) < 4.78 is 0. The second-order valence-corrected chi connectivity index (χ2v) is 5.84. The van der Waals surface area contributed by atoms with Crippen molar-refractivity contribution in [2.75, 3.05) is 43.4 Å². The number of nitrogens with zero attached hydrogens (tertiary/aromatic N) is 4. The van der Waals surface area contributed by atoms with E-state index in [4.69, 9.17) is 0 Å². The molecule has 0 saturated carbocycles. The van der Waals surface area contributed by atoms with Gasteiger partial charge in [0.2, 0.25) is 0 Å². The minimum absolute atomic E-state index is 0.176. The minimum atomic E-state index is 0.176. The van der Waals surface area contributed by atoms with Gasteiger partial charge < -0.3 is 10.2 Å². The number of piperazine rings is 1. The van der Waals surface area contributed by atoms with E-state index in [1.165, 1.54) is 0 Å².